The van der Waals surface area contributed by atoms with Crippen LogP contribution >= 0.6 is 11.8 Å². The minimum atomic E-state index is -0.0914. The molecule has 7 nitrogen and oxygen atoms in total. The standard InChI is InChI=1S/C20H25N5O2S/c1-13(2)11-15-6-8-16(9-7-15)14(3)22-18(26)12-28-20-24-23-19(25(20)21)17-5-4-10-27-17/h4-10,13-14H,11-12,21H2,1-3H3,(H,22,26)/t14-/m1/s1. The molecular weight excluding hydrogens is 374 g/mol. The molecule has 0 fully saturated rings. The van der Waals surface area contributed by atoms with Crippen molar-refractivity contribution in [3.05, 3.63) is 53.8 Å². The number of hydrogen-bond donors (Lipinski definition) is 2. The average Bonchev–Trinajstić information content (AvgIpc) is 3.29. The minimum Gasteiger partial charge on any atom is -0.461 e. The zero-order chi connectivity index (χ0) is 20.1. The molecule has 0 radical (unpaired) electrons. The molecule has 0 unspecified atom stereocenters. The zero-order valence-electron chi connectivity index (χ0n) is 16.3. The van der Waals surface area contributed by atoms with Crippen LogP contribution < -0.4 is 11.2 Å². The average molecular weight is 400 g/mol. The molecule has 0 saturated heterocycles. The highest BCUT2D eigenvalue weighted by Crippen LogP contribution is 2.22. The molecule has 0 saturated carbocycles. The second-order valence-electron chi connectivity index (χ2n) is 7.07. The first-order valence-electron chi connectivity index (χ1n) is 9.19. The molecule has 3 rings (SSSR count). The van der Waals surface area contributed by atoms with Gasteiger partial charge in [-0.2, -0.15) is 0 Å². The van der Waals surface area contributed by atoms with Gasteiger partial charge < -0.3 is 15.6 Å². The molecule has 0 aliphatic heterocycles. The summed E-state index contributed by atoms with van der Waals surface area (Å²) in [6.07, 6.45) is 2.60. The molecule has 0 spiro atoms. The smallest absolute Gasteiger partial charge is 0.230 e. The molecule has 3 aromatic rings. The summed E-state index contributed by atoms with van der Waals surface area (Å²) in [6.45, 7) is 6.38. The molecule has 1 atom stereocenters. The normalized spacial score (nSPS) is 12.3. The van der Waals surface area contributed by atoms with E-state index in [4.69, 9.17) is 10.3 Å². The third kappa shape index (κ3) is 4.95. The fourth-order valence-electron chi connectivity index (χ4n) is 2.86. The van der Waals surface area contributed by atoms with E-state index >= 15 is 0 Å². The van der Waals surface area contributed by atoms with Crippen molar-refractivity contribution in [2.75, 3.05) is 11.6 Å². The van der Waals surface area contributed by atoms with Crippen molar-refractivity contribution in [1.29, 1.82) is 0 Å². The largest absolute Gasteiger partial charge is 0.461 e. The summed E-state index contributed by atoms with van der Waals surface area (Å²) in [5.41, 5.74) is 2.38. The Labute approximate surface area is 168 Å². The van der Waals surface area contributed by atoms with Crippen molar-refractivity contribution in [3.63, 3.8) is 0 Å². The van der Waals surface area contributed by atoms with E-state index < -0.39 is 0 Å². The summed E-state index contributed by atoms with van der Waals surface area (Å²) >= 11 is 1.23. The van der Waals surface area contributed by atoms with Gasteiger partial charge in [-0.15, -0.1) is 10.2 Å². The summed E-state index contributed by atoms with van der Waals surface area (Å²) in [4.78, 5) is 12.3. The highest BCUT2D eigenvalue weighted by molar-refractivity contribution is 7.99. The Morgan fingerprint density at radius 2 is 1.96 bits per heavy atom. The number of carbonyl (C=O) groups is 1. The Balaban J connectivity index is 1.53. The van der Waals surface area contributed by atoms with E-state index in [1.54, 1.807) is 18.4 Å². The van der Waals surface area contributed by atoms with Gasteiger partial charge >= 0.3 is 0 Å². The summed E-state index contributed by atoms with van der Waals surface area (Å²) in [7, 11) is 0. The van der Waals surface area contributed by atoms with Crippen LogP contribution in [0.3, 0.4) is 0 Å². The lowest BCUT2D eigenvalue weighted by atomic mass is 10.00. The van der Waals surface area contributed by atoms with Crippen LogP contribution in [0, 0.1) is 5.92 Å². The SMILES string of the molecule is CC(C)Cc1ccc([C@@H](C)NC(=O)CSc2nnc(-c3ccco3)n2N)cc1. The van der Waals surface area contributed by atoms with Crippen molar-refractivity contribution in [2.24, 2.45) is 5.92 Å². The number of hydrogen-bond acceptors (Lipinski definition) is 6. The van der Waals surface area contributed by atoms with Gasteiger partial charge in [-0.05, 0) is 42.5 Å². The number of aromatic nitrogens is 3. The second-order valence-corrected chi connectivity index (χ2v) is 8.01. The number of benzene rings is 1. The summed E-state index contributed by atoms with van der Waals surface area (Å²) in [6, 6.07) is 11.8. The highest BCUT2D eigenvalue weighted by Gasteiger charge is 2.16. The number of amides is 1. The minimum absolute atomic E-state index is 0.0735. The molecule has 1 aromatic carbocycles. The Hall–Kier alpha value is -2.74. The predicted octanol–water partition coefficient (Wildman–Crippen LogP) is 3.42. The fraction of sp³-hybridized carbons (Fsp3) is 0.350. The van der Waals surface area contributed by atoms with Gasteiger partial charge in [0.05, 0.1) is 18.1 Å². The number of thioether (sulfide) groups is 1. The predicted molar refractivity (Wildman–Crippen MR) is 110 cm³/mol. The third-order valence-corrected chi connectivity index (χ3v) is 5.18. The first kappa shape index (κ1) is 20.0. The fourth-order valence-corrected chi connectivity index (χ4v) is 3.53. The maximum atomic E-state index is 12.3. The van der Waals surface area contributed by atoms with Crippen LogP contribution in [-0.2, 0) is 11.2 Å². The van der Waals surface area contributed by atoms with Crippen LogP contribution in [0.4, 0.5) is 0 Å². The van der Waals surface area contributed by atoms with Crippen LogP contribution in [0.1, 0.15) is 37.9 Å². The first-order chi connectivity index (χ1) is 13.4. The number of nitrogens with one attached hydrogen (secondary N) is 1. The van der Waals surface area contributed by atoms with E-state index in [1.165, 1.54) is 22.0 Å². The Morgan fingerprint density at radius 1 is 1.21 bits per heavy atom. The summed E-state index contributed by atoms with van der Waals surface area (Å²) < 4.78 is 6.61. The lowest BCUT2D eigenvalue weighted by molar-refractivity contribution is -0.119. The third-order valence-electron chi connectivity index (χ3n) is 4.24. The molecule has 0 bridgehead atoms. The topological polar surface area (TPSA) is 99.0 Å². The monoisotopic (exact) mass is 399 g/mol. The molecule has 8 heteroatoms. The van der Waals surface area contributed by atoms with E-state index in [0.717, 1.165) is 12.0 Å². The number of nitrogens with two attached hydrogens (primary N) is 1. The number of furan rings is 1. The zero-order valence-corrected chi connectivity index (χ0v) is 17.1. The molecular formula is C20H25N5O2S. The number of nitrogen functional groups attached to an aromatic ring is 1. The molecule has 148 valence electrons. The first-order valence-corrected chi connectivity index (χ1v) is 10.2. The van der Waals surface area contributed by atoms with Gasteiger partial charge in [-0.25, -0.2) is 4.68 Å². The van der Waals surface area contributed by atoms with E-state index in [1.807, 2.05) is 6.92 Å². The Kier molecular flexibility index (Phi) is 6.41. The van der Waals surface area contributed by atoms with Crippen LogP contribution in [-0.4, -0.2) is 26.5 Å². The van der Waals surface area contributed by atoms with Gasteiger partial charge in [0.25, 0.3) is 0 Å². The van der Waals surface area contributed by atoms with Gasteiger partial charge in [0.15, 0.2) is 5.76 Å². The van der Waals surface area contributed by atoms with E-state index in [-0.39, 0.29) is 17.7 Å². The van der Waals surface area contributed by atoms with Crippen LogP contribution in [0.25, 0.3) is 11.6 Å². The molecule has 0 aliphatic rings. The van der Waals surface area contributed by atoms with Gasteiger partial charge in [-0.3, -0.25) is 4.79 Å². The van der Waals surface area contributed by atoms with Crippen LogP contribution in [0.2, 0.25) is 0 Å². The maximum Gasteiger partial charge on any atom is 0.230 e. The van der Waals surface area contributed by atoms with Crippen molar-refractivity contribution in [3.8, 4) is 11.6 Å². The van der Waals surface area contributed by atoms with Crippen molar-refractivity contribution in [1.82, 2.24) is 20.2 Å². The summed E-state index contributed by atoms with van der Waals surface area (Å²) in [5.74, 6) is 7.68. The quantitative estimate of drug-likeness (QED) is 0.445. The van der Waals surface area contributed by atoms with Crippen LogP contribution in [0.5, 0.6) is 0 Å². The highest BCUT2D eigenvalue weighted by atomic mass is 32.2. The second kappa shape index (κ2) is 8.97. The lowest BCUT2D eigenvalue weighted by Crippen LogP contribution is -2.28. The van der Waals surface area contributed by atoms with Gasteiger partial charge in [0.2, 0.25) is 16.9 Å². The van der Waals surface area contributed by atoms with E-state index in [0.29, 0.717) is 22.7 Å². The van der Waals surface area contributed by atoms with Crippen molar-refractivity contribution >= 4 is 17.7 Å². The molecule has 0 aliphatic carbocycles. The number of rotatable bonds is 8. The van der Waals surface area contributed by atoms with Gasteiger partial charge in [-0.1, -0.05) is 49.9 Å². The van der Waals surface area contributed by atoms with E-state index in [9.17, 15) is 4.79 Å². The van der Waals surface area contributed by atoms with E-state index in [2.05, 4.69) is 53.6 Å². The number of nitrogens with zero attached hydrogens (tertiary/aromatic N) is 3. The van der Waals surface area contributed by atoms with Crippen molar-refractivity contribution < 1.29 is 9.21 Å². The van der Waals surface area contributed by atoms with Gasteiger partial charge in [0, 0.05) is 0 Å². The molecule has 1 amide bonds. The van der Waals surface area contributed by atoms with Crippen LogP contribution in [0.15, 0.2) is 52.2 Å². The summed E-state index contributed by atoms with van der Waals surface area (Å²) in [5, 5.41) is 11.5. The molecule has 2 aromatic heterocycles. The molecule has 2 heterocycles. The Morgan fingerprint density at radius 3 is 2.61 bits per heavy atom. The van der Waals surface area contributed by atoms with Gasteiger partial charge in [0.1, 0.15) is 0 Å². The molecule has 3 N–H and O–H groups in total. The lowest BCUT2D eigenvalue weighted by Gasteiger charge is -2.15. The molecule has 28 heavy (non-hydrogen) atoms. The number of carbonyl (C=O) groups excluding carboxylic acids is 1. The van der Waals surface area contributed by atoms with Crippen molar-refractivity contribution in [2.45, 2.75) is 38.4 Å². The Bertz CT molecular complexity index is 903. The maximum absolute atomic E-state index is 12.3.